The molecular weight excluding hydrogens is 555 g/mol. The van der Waals surface area contributed by atoms with Crippen molar-refractivity contribution < 1.29 is 33.0 Å². The van der Waals surface area contributed by atoms with Crippen LogP contribution >= 0.6 is 0 Å². The molecule has 3 saturated heterocycles. The van der Waals surface area contributed by atoms with Crippen LogP contribution in [0.5, 0.6) is 17.2 Å². The van der Waals surface area contributed by atoms with E-state index in [0.29, 0.717) is 42.2 Å². The standard InChI is InChI=1S/C32H39FN4O6/c1-41-27-6-4-21-5-7-29(38)34-18-22-14-23(33)17-24(15-22)43-26-8-13-36(19-25(26)35-30(39)20-42-28(27)16-21)31(40)32-9-2-11-37(32)12-3-10-32/h4,6,14-17,25-26H,2-3,5,7-13,18-20H2,1H3,(H,34,38)(H,35,39)/t25-,26-/m1/s1. The number of rotatable bonds is 2. The molecule has 2 aromatic carbocycles. The number of benzene rings is 2. The molecule has 3 fully saturated rings. The summed E-state index contributed by atoms with van der Waals surface area (Å²) < 4.78 is 32.2. The highest BCUT2D eigenvalue weighted by Crippen LogP contribution is 2.41. The third-order valence-electron chi connectivity index (χ3n) is 9.16. The quantitative estimate of drug-likeness (QED) is 0.550. The van der Waals surface area contributed by atoms with Crippen LogP contribution in [-0.2, 0) is 27.3 Å². The lowest BCUT2D eigenvalue weighted by Gasteiger charge is -2.43. The third-order valence-corrected chi connectivity index (χ3v) is 9.16. The van der Waals surface area contributed by atoms with Crippen molar-refractivity contribution in [2.45, 2.75) is 69.2 Å². The van der Waals surface area contributed by atoms with Crippen molar-refractivity contribution >= 4 is 17.7 Å². The van der Waals surface area contributed by atoms with Gasteiger partial charge in [0.15, 0.2) is 18.1 Å². The normalized spacial score (nSPS) is 24.3. The van der Waals surface area contributed by atoms with Crippen molar-refractivity contribution in [2.75, 3.05) is 39.9 Å². The summed E-state index contributed by atoms with van der Waals surface area (Å²) in [7, 11) is 1.52. The van der Waals surface area contributed by atoms with E-state index in [1.54, 1.807) is 18.2 Å². The monoisotopic (exact) mass is 594 g/mol. The Balaban J connectivity index is 1.26. The van der Waals surface area contributed by atoms with Gasteiger partial charge in [0.25, 0.3) is 5.91 Å². The first-order valence-electron chi connectivity index (χ1n) is 15.2. The van der Waals surface area contributed by atoms with E-state index in [2.05, 4.69) is 15.5 Å². The Morgan fingerprint density at radius 3 is 2.63 bits per heavy atom. The molecule has 43 heavy (non-hydrogen) atoms. The number of methoxy groups -OCH3 is 1. The first kappa shape index (κ1) is 29.2. The van der Waals surface area contributed by atoms with E-state index in [1.165, 1.54) is 19.2 Å². The van der Waals surface area contributed by atoms with E-state index >= 15 is 0 Å². The van der Waals surface area contributed by atoms with E-state index in [0.717, 1.165) is 44.3 Å². The van der Waals surface area contributed by atoms with Crippen molar-refractivity contribution in [3.05, 3.63) is 53.3 Å². The van der Waals surface area contributed by atoms with Crippen LogP contribution in [0.25, 0.3) is 0 Å². The SMILES string of the molecule is COc1ccc2cc1OCC(=O)N[C@@H]1CN(C(=O)C34CCCN3CCC4)CC[C@H]1Oc1cc(F)cc(c1)CNC(=O)CC2. The second-order valence-electron chi connectivity index (χ2n) is 11.9. The summed E-state index contributed by atoms with van der Waals surface area (Å²) in [4.78, 5) is 44.0. The number of carbonyl (C=O) groups excluding carboxylic acids is 3. The van der Waals surface area contributed by atoms with Crippen LogP contribution < -0.4 is 24.8 Å². The maximum atomic E-state index is 14.6. The minimum atomic E-state index is -0.542. The van der Waals surface area contributed by atoms with Gasteiger partial charge in [-0.15, -0.1) is 0 Å². The largest absolute Gasteiger partial charge is 0.493 e. The molecule has 0 saturated carbocycles. The minimum Gasteiger partial charge on any atom is -0.493 e. The van der Waals surface area contributed by atoms with Crippen LogP contribution in [0, 0.1) is 5.82 Å². The molecule has 6 rings (SSSR count). The fraction of sp³-hybridized carbons (Fsp3) is 0.531. The maximum absolute atomic E-state index is 14.6. The number of hydrogen-bond donors (Lipinski definition) is 2. The number of nitrogens with zero attached hydrogens (tertiary/aromatic N) is 2. The molecule has 0 aromatic heterocycles. The fourth-order valence-corrected chi connectivity index (χ4v) is 7.04. The van der Waals surface area contributed by atoms with Crippen molar-refractivity contribution in [3.8, 4) is 17.2 Å². The highest BCUT2D eigenvalue weighted by Gasteiger charge is 2.52. The number of carbonyl (C=O) groups is 3. The van der Waals surface area contributed by atoms with Crippen LogP contribution in [0.4, 0.5) is 4.39 Å². The zero-order valence-corrected chi connectivity index (χ0v) is 24.5. The van der Waals surface area contributed by atoms with Crippen molar-refractivity contribution in [2.24, 2.45) is 0 Å². The van der Waals surface area contributed by atoms with Gasteiger partial charge >= 0.3 is 0 Å². The van der Waals surface area contributed by atoms with E-state index in [-0.39, 0.29) is 43.8 Å². The first-order valence-corrected chi connectivity index (χ1v) is 15.2. The van der Waals surface area contributed by atoms with E-state index in [1.807, 2.05) is 11.0 Å². The highest BCUT2D eigenvalue weighted by molar-refractivity contribution is 5.87. The van der Waals surface area contributed by atoms with Gasteiger partial charge in [-0.2, -0.15) is 0 Å². The third kappa shape index (κ3) is 6.27. The molecule has 0 unspecified atom stereocenters. The Labute approximate surface area is 250 Å². The number of fused-ring (bicyclic) bond motifs is 6. The van der Waals surface area contributed by atoms with Gasteiger partial charge in [-0.1, -0.05) is 6.07 Å². The molecular formula is C32H39FN4O6. The Hall–Kier alpha value is -3.86. The van der Waals surface area contributed by atoms with Crippen LogP contribution in [0.1, 0.15) is 49.7 Å². The summed E-state index contributed by atoms with van der Waals surface area (Å²) in [6.45, 7) is 2.51. The minimum absolute atomic E-state index is 0.122. The molecule has 2 N–H and O–H groups in total. The van der Waals surface area contributed by atoms with Gasteiger partial charge in [0.05, 0.1) is 13.2 Å². The Bertz CT molecular complexity index is 1380. The van der Waals surface area contributed by atoms with Crippen LogP contribution in [0.15, 0.2) is 36.4 Å². The molecule has 2 atom stereocenters. The molecule has 0 radical (unpaired) electrons. The number of nitrogens with one attached hydrogen (secondary N) is 2. The van der Waals surface area contributed by atoms with Crippen LogP contribution in [0.3, 0.4) is 0 Å². The van der Waals surface area contributed by atoms with Crippen molar-refractivity contribution in [1.82, 2.24) is 20.4 Å². The summed E-state index contributed by atoms with van der Waals surface area (Å²) in [5.41, 5.74) is 0.974. The number of halogens is 1. The summed E-state index contributed by atoms with van der Waals surface area (Å²) in [6, 6.07) is 9.19. The molecule has 2 aromatic rings. The second kappa shape index (κ2) is 12.4. The van der Waals surface area contributed by atoms with E-state index in [4.69, 9.17) is 14.2 Å². The molecule has 11 heteroatoms. The Morgan fingerprint density at radius 2 is 1.84 bits per heavy atom. The number of likely N-dealkylation sites (tertiary alicyclic amines) is 1. The van der Waals surface area contributed by atoms with Crippen molar-refractivity contribution in [3.63, 3.8) is 0 Å². The van der Waals surface area contributed by atoms with Crippen molar-refractivity contribution in [1.29, 1.82) is 0 Å². The number of amides is 3. The molecule has 4 heterocycles. The van der Waals surface area contributed by atoms with E-state index in [9.17, 15) is 18.8 Å². The number of hydrogen-bond acceptors (Lipinski definition) is 7. The molecule has 0 spiro atoms. The molecule has 3 amide bonds. The molecule has 230 valence electrons. The molecule has 4 aliphatic rings. The van der Waals surface area contributed by atoms with Gasteiger partial charge in [-0.3, -0.25) is 19.3 Å². The predicted molar refractivity (Wildman–Crippen MR) is 155 cm³/mol. The van der Waals surface area contributed by atoms with Gasteiger partial charge in [0.2, 0.25) is 11.8 Å². The summed E-state index contributed by atoms with van der Waals surface area (Å²) in [5, 5.41) is 5.90. The van der Waals surface area contributed by atoms with Gasteiger partial charge < -0.3 is 29.7 Å². The molecule has 4 aliphatic heterocycles. The molecule has 10 nitrogen and oxygen atoms in total. The Kier molecular flexibility index (Phi) is 8.43. The maximum Gasteiger partial charge on any atom is 0.258 e. The lowest BCUT2D eigenvalue weighted by molar-refractivity contribution is -0.145. The second-order valence-corrected chi connectivity index (χ2v) is 11.9. The molecule has 0 aliphatic carbocycles. The van der Waals surface area contributed by atoms with Crippen LogP contribution in [-0.4, -0.2) is 85.1 Å². The number of aryl methyl sites for hydroxylation is 1. The Morgan fingerprint density at radius 1 is 1.02 bits per heavy atom. The molecule has 4 bridgehead atoms. The lowest BCUT2D eigenvalue weighted by atomic mass is 9.90. The highest BCUT2D eigenvalue weighted by atomic mass is 19.1. The number of ether oxygens (including phenoxy) is 3. The van der Waals surface area contributed by atoms with Gasteiger partial charge in [-0.05, 0) is 80.6 Å². The first-order chi connectivity index (χ1) is 20.8. The van der Waals surface area contributed by atoms with Gasteiger partial charge in [-0.25, -0.2) is 4.39 Å². The predicted octanol–water partition coefficient (Wildman–Crippen LogP) is 2.57. The van der Waals surface area contributed by atoms with Crippen LogP contribution in [0.2, 0.25) is 0 Å². The zero-order valence-electron chi connectivity index (χ0n) is 24.5. The smallest absolute Gasteiger partial charge is 0.258 e. The summed E-state index contributed by atoms with van der Waals surface area (Å²) >= 11 is 0. The zero-order chi connectivity index (χ0) is 30.0. The topological polar surface area (TPSA) is 109 Å². The average Bonchev–Trinajstić information content (AvgIpc) is 3.60. The fourth-order valence-electron chi connectivity index (χ4n) is 7.04. The average molecular weight is 595 g/mol. The summed E-state index contributed by atoms with van der Waals surface area (Å²) in [5.74, 6) is 0.274. The van der Waals surface area contributed by atoms with Gasteiger partial charge in [0, 0.05) is 38.5 Å². The summed E-state index contributed by atoms with van der Waals surface area (Å²) in [6.07, 6.45) is 4.37. The van der Waals surface area contributed by atoms with E-state index < -0.39 is 23.5 Å². The van der Waals surface area contributed by atoms with Gasteiger partial charge in [0.1, 0.15) is 23.2 Å². The number of piperidine rings is 1. The lowest BCUT2D eigenvalue weighted by Crippen LogP contribution is -2.62.